The van der Waals surface area contributed by atoms with Crippen molar-refractivity contribution in [2.45, 2.75) is 31.7 Å². The van der Waals surface area contributed by atoms with Crippen molar-refractivity contribution in [3.05, 3.63) is 18.0 Å². The van der Waals surface area contributed by atoms with Crippen LogP contribution in [-0.2, 0) is 10.2 Å². The van der Waals surface area contributed by atoms with E-state index in [1.54, 1.807) is 12.3 Å². The van der Waals surface area contributed by atoms with E-state index in [1.807, 2.05) is 4.90 Å². The molecule has 1 aromatic rings. The first-order valence-corrected chi connectivity index (χ1v) is 8.83. The van der Waals surface area contributed by atoms with Crippen LogP contribution < -0.4 is 4.72 Å². The van der Waals surface area contributed by atoms with E-state index in [4.69, 9.17) is 0 Å². The van der Waals surface area contributed by atoms with E-state index in [2.05, 4.69) is 14.9 Å². The molecule has 1 saturated heterocycles. The SMILES string of the molecule is CN(C)S(=O)(=O)NCC[C@H]1CCCCN1C(=O)c1ccn[nH]1. The Kier molecular flexibility index (Phi) is 5.54. The number of aromatic nitrogens is 2. The van der Waals surface area contributed by atoms with Gasteiger partial charge in [-0.2, -0.15) is 17.8 Å². The Hall–Kier alpha value is -1.45. The van der Waals surface area contributed by atoms with Crippen LogP contribution in [-0.4, -0.2) is 67.0 Å². The summed E-state index contributed by atoms with van der Waals surface area (Å²) in [5, 5.41) is 6.50. The van der Waals surface area contributed by atoms with Gasteiger partial charge in [0.1, 0.15) is 5.69 Å². The minimum Gasteiger partial charge on any atom is -0.334 e. The fraction of sp³-hybridized carbons (Fsp3) is 0.692. The number of piperidine rings is 1. The van der Waals surface area contributed by atoms with E-state index < -0.39 is 10.2 Å². The zero-order valence-corrected chi connectivity index (χ0v) is 13.8. The van der Waals surface area contributed by atoms with Gasteiger partial charge >= 0.3 is 0 Å². The average Bonchev–Trinajstić information content (AvgIpc) is 3.01. The highest BCUT2D eigenvalue weighted by atomic mass is 32.2. The lowest BCUT2D eigenvalue weighted by atomic mass is 9.99. The maximum Gasteiger partial charge on any atom is 0.278 e. The van der Waals surface area contributed by atoms with Gasteiger partial charge in [-0.05, 0) is 31.7 Å². The molecule has 1 aliphatic heterocycles. The zero-order valence-electron chi connectivity index (χ0n) is 12.9. The number of nitrogens with one attached hydrogen (secondary N) is 2. The molecule has 8 nitrogen and oxygen atoms in total. The first kappa shape index (κ1) is 16.9. The van der Waals surface area contributed by atoms with Gasteiger partial charge in [-0.1, -0.05) is 0 Å². The van der Waals surface area contributed by atoms with Gasteiger partial charge in [-0.25, -0.2) is 4.72 Å². The lowest BCUT2D eigenvalue weighted by Gasteiger charge is -2.35. The summed E-state index contributed by atoms with van der Waals surface area (Å²) in [6.07, 6.45) is 5.07. The van der Waals surface area contributed by atoms with Crippen LogP contribution in [0.25, 0.3) is 0 Å². The number of amides is 1. The molecule has 2 rings (SSSR count). The standard InChI is InChI=1S/C13H23N5O3S/c1-17(2)22(20,21)15-9-6-11-5-3-4-10-18(11)13(19)12-7-8-14-16-12/h7-8,11,15H,3-6,9-10H2,1-2H3,(H,14,16)/t11-/m1/s1. The smallest absolute Gasteiger partial charge is 0.278 e. The molecule has 0 aliphatic carbocycles. The second-order valence-electron chi connectivity index (χ2n) is 5.59. The van der Waals surface area contributed by atoms with Gasteiger partial charge in [-0.3, -0.25) is 9.89 Å². The minimum atomic E-state index is -3.42. The van der Waals surface area contributed by atoms with E-state index in [0.29, 0.717) is 25.2 Å². The maximum atomic E-state index is 12.4. The topological polar surface area (TPSA) is 98.4 Å². The molecule has 0 aromatic carbocycles. The van der Waals surface area contributed by atoms with Gasteiger partial charge in [-0.15, -0.1) is 0 Å². The molecule has 9 heteroatoms. The van der Waals surface area contributed by atoms with Crippen LogP contribution in [0.2, 0.25) is 0 Å². The molecule has 124 valence electrons. The van der Waals surface area contributed by atoms with Crippen molar-refractivity contribution in [1.29, 1.82) is 0 Å². The molecule has 0 bridgehead atoms. The average molecular weight is 329 g/mol. The molecule has 1 amide bonds. The lowest BCUT2D eigenvalue weighted by Crippen LogP contribution is -2.46. The fourth-order valence-electron chi connectivity index (χ4n) is 2.58. The van der Waals surface area contributed by atoms with Crippen molar-refractivity contribution in [3.8, 4) is 0 Å². The summed E-state index contributed by atoms with van der Waals surface area (Å²) in [5.41, 5.74) is 0.473. The maximum absolute atomic E-state index is 12.4. The summed E-state index contributed by atoms with van der Waals surface area (Å²) in [7, 11) is -0.450. The Morgan fingerprint density at radius 1 is 1.50 bits per heavy atom. The highest BCUT2D eigenvalue weighted by Gasteiger charge is 2.28. The summed E-state index contributed by atoms with van der Waals surface area (Å²) >= 11 is 0. The Balaban J connectivity index is 1.94. The Bertz CT molecular complexity index is 585. The Morgan fingerprint density at radius 3 is 2.91 bits per heavy atom. The van der Waals surface area contributed by atoms with Crippen LogP contribution in [0.4, 0.5) is 0 Å². The third-order valence-electron chi connectivity index (χ3n) is 3.86. The molecule has 22 heavy (non-hydrogen) atoms. The number of carbonyl (C=O) groups excluding carboxylic acids is 1. The molecular weight excluding hydrogens is 306 g/mol. The van der Waals surface area contributed by atoms with E-state index in [1.165, 1.54) is 14.1 Å². The second-order valence-corrected chi connectivity index (χ2v) is 7.56. The fourth-order valence-corrected chi connectivity index (χ4v) is 3.22. The first-order valence-electron chi connectivity index (χ1n) is 7.39. The normalized spacial score (nSPS) is 19.6. The number of carbonyl (C=O) groups is 1. The largest absolute Gasteiger partial charge is 0.334 e. The second kappa shape index (κ2) is 7.21. The molecular formula is C13H23N5O3S. The highest BCUT2D eigenvalue weighted by Crippen LogP contribution is 2.21. The Labute approximate surface area is 131 Å². The molecule has 1 atom stereocenters. The molecule has 2 heterocycles. The number of hydrogen-bond donors (Lipinski definition) is 2. The molecule has 0 spiro atoms. The van der Waals surface area contributed by atoms with E-state index in [0.717, 1.165) is 23.6 Å². The lowest BCUT2D eigenvalue weighted by molar-refractivity contribution is 0.0597. The number of likely N-dealkylation sites (tertiary alicyclic amines) is 1. The van der Waals surface area contributed by atoms with E-state index in [9.17, 15) is 13.2 Å². The first-order chi connectivity index (χ1) is 10.4. The molecule has 0 saturated carbocycles. The number of H-pyrrole nitrogens is 1. The predicted octanol–water partition coefficient (Wildman–Crippen LogP) is 0.191. The van der Waals surface area contributed by atoms with Gasteiger partial charge in [0.25, 0.3) is 16.1 Å². The predicted molar refractivity (Wildman–Crippen MR) is 82.5 cm³/mol. The summed E-state index contributed by atoms with van der Waals surface area (Å²) in [6, 6.07) is 1.71. The van der Waals surface area contributed by atoms with Crippen LogP contribution in [0.3, 0.4) is 0 Å². The van der Waals surface area contributed by atoms with Gasteiger partial charge in [0, 0.05) is 39.4 Å². The van der Waals surface area contributed by atoms with E-state index >= 15 is 0 Å². The third-order valence-corrected chi connectivity index (χ3v) is 5.39. The van der Waals surface area contributed by atoms with Crippen molar-refractivity contribution in [2.75, 3.05) is 27.2 Å². The quantitative estimate of drug-likeness (QED) is 0.778. The number of rotatable bonds is 6. The van der Waals surface area contributed by atoms with Gasteiger partial charge in [0.15, 0.2) is 0 Å². The van der Waals surface area contributed by atoms with Crippen molar-refractivity contribution in [3.63, 3.8) is 0 Å². The van der Waals surface area contributed by atoms with E-state index in [-0.39, 0.29) is 11.9 Å². The Morgan fingerprint density at radius 2 is 2.27 bits per heavy atom. The van der Waals surface area contributed by atoms with Gasteiger partial charge in [0.2, 0.25) is 0 Å². The monoisotopic (exact) mass is 329 g/mol. The van der Waals surface area contributed by atoms with Gasteiger partial charge < -0.3 is 4.90 Å². The van der Waals surface area contributed by atoms with Crippen LogP contribution in [0, 0.1) is 0 Å². The summed E-state index contributed by atoms with van der Waals surface area (Å²) in [6.45, 7) is 1.01. The van der Waals surface area contributed by atoms with Crippen LogP contribution in [0.5, 0.6) is 0 Å². The number of nitrogens with zero attached hydrogens (tertiary/aromatic N) is 3. The number of aromatic amines is 1. The number of hydrogen-bond acceptors (Lipinski definition) is 4. The van der Waals surface area contributed by atoms with Crippen LogP contribution in [0.15, 0.2) is 12.3 Å². The van der Waals surface area contributed by atoms with Crippen molar-refractivity contribution in [2.24, 2.45) is 0 Å². The molecule has 0 unspecified atom stereocenters. The highest BCUT2D eigenvalue weighted by molar-refractivity contribution is 7.87. The summed E-state index contributed by atoms with van der Waals surface area (Å²) in [4.78, 5) is 14.3. The molecule has 0 radical (unpaired) electrons. The van der Waals surface area contributed by atoms with Crippen LogP contribution >= 0.6 is 0 Å². The van der Waals surface area contributed by atoms with Crippen molar-refractivity contribution < 1.29 is 13.2 Å². The minimum absolute atomic E-state index is 0.0504. The summed E-state index contributed by atoms with van der Waals surface area (Å²) < 4.78 is 27.1. The van der Waals surface area contributed by atoms with Crippen molar-refractivity contribution >= 4 is 16.1 Å². The molecule has 1 aromatic heterocycles. The molecule has 1 aliphatic rings. The third kappa shape index (κ3) is 4.05. The van der Waals surface area contributed by atoms with Crippen molar-refractivity contribution in [1.82, 2.24) is 24.1 Å². The molecule has 1 fully saturated rings. The zero-order chi connectivity index (χ0) is 16.2. The van der Waals surface area contributed by atoms with Gasteiger partial charge in [0.05, 0.1) is 0 Å². The summed E-state index contributed by atoms with van der Waals surface area (Å²) in [5.74, 6) is -0.0716. The van der Waals surface area contributed by atoms with Crippen LogP contribution in [0.1, 0.15) is 36.2 Å². The molecule has 2 N–H and O–H groups in total.